The first-order chi connectivity index (χ1) is 11.9. The number of hydrazone groups is 1. The van der Waals surface area contributed by atoms with E-state index in [0.29, 0.717) is 5.75 Å². The Morgan fingerprint density at radius 1 is 1.16 bits per heavy atom. The van der Waals surface area contributed by atoms with Crippen LogP contribution in [0.2, 0.25) is 0 Å². The molecule has 0 radical (unpaired) electrons. The summed E-state index contributed by atoms with van der Waals surface area (Å²) in [6.07, 6.45) is 4.74. The molecule has 0 saturated carbocycles. The number of allylic oxidation sites excluding steroid dienone is 1. The van der Waals surface area contributed by atoms with Crippen molar-refractivity contribution in [2.45, 2.75) is 4.90 Å². The molecule has 0 saturated heterocycles. The first-order valence-electron chi connectivity index (χ1n) is 7.18. The quantitative estimate of drug-likeness (QED) is 0.605. The number of amides is 1. The van der Waals surface area contributed by atoms with Crippen LogP contribution in [0, 0.1) is 0 Å². The number of hydrogen-bond acceptors (Lipinski definition) is 5. The van der Waals surface area contributed by atoms with Gasteiger partial charge in [-0.05, 0) is 30.4 Å². The minimum absolute atomic E-state index is 0.0733. The maximum atomic E-state index is 12.1. The Morgan fingerprint density at radius 3 is 2.56 bits per heavy atom. The minimum atomic E-state index is -4.00. The molecule has 8 heteroatoms. The van der Waals surface area contributed by atoms with Crippen LogP contribution in [-0.4, -0.2) is 27.6 Å². The average molecular weight is 359 g/mol. The van der Waals surface area contributed by atoms with Crippen molar-refractivity contribution in [3.63, 3.8) is 0 Å². The van der Waals surface area contributed by atoms with Crippen molar-refractivity contribution in [1.82, 2.24) is 5.43 Å². The molecule has 25 heavy (non-hydrogen) atoms. The van der Waals surface area contributed by atoms with Gasteiger partial charge in [-0.3, -0.25) is 4.79 Å². The number of nitrogens with one attached hydrogen (secondary N) is 1. The predicted octanol–water partition coefficient (Wildman–Crippen LogP) is 1.77. The van der Waals surface area contributed by atoms with E-state index < -0.39 is 15.9 Å². The summed E-state index contributed by atoms with van der Waals surface area (Å²) in [6.45, 7) is 0. The highest BCUT2D eigenvalue weighted by Crippen LogP contribution is 2.18. The maximum Gasteiger partial charge on any atom is 0.272 e. The van der Waals surface area contributed by atoms with Crippen molar-refractivity contribution in [3.8, 4) is 5.75 Å². The van der Waals surface area contributed by atoms with E-state index in [1.165, 1.54) is 30.5 Å². The second-order valence-electron chi connectivity index (χ2n) is 4.86. The van der Waals surface area contributed by atoms with E-state index in [2.05, 4.69) is 10.5 Å². The fourth-order valence-electron chi connectivity index (χ4n) is 2.05. The molecule has 0 unspecified atom stereocenters. The Hall–Kier alpha value is -2.97. The number of carbonyl (C=O) groups excluding carboxylic acids is 1. The van der Waals surface area contributed by atoms with Gasteiger partial charge in [0.05, 0.1) is 17.6 Å². The fourth-order valence-corrected chi connectivity index (χ4v) is 2.79. The largest absolute Gasteiger partial charge is 0.496 e. The van der Waals surface area contributed by atoms with Crippen LogP contribution in [0.1, 0.15) is 15.9 Å². The molecule has 0 fully saturated rings. The zero-order valence-electron chi connectivity index (χ0n) is 13.4. The lowest BCUT2D eigenvalue weighted by molar-refractivity contribution is 0.0952. The number of primary sulfonamides is 1. The number of sulfonamides is 1. The summed E-state index contributed by atoms with van der Waals surface area (Å²) in [6, 6.07) is 13.0. The number of hydrogen-bond donors (Lipinski definition) is 2. The number of carbonyl (C=O) groups is 1. The number of para-hydroxylation sites is 1. The van der Waals surface area contributed by atoms with Crippen molar-refractivity contribution in [2.75, 3.05) is 7.11 Å². The number of methoxy groups -OCH3 is 1. The lowest BCUT2D eigenvalue weighted by Crippen LogP contribution is -2.23. The van der Waals surface area contributed by atoms with Gasteiger partial charge in [-0.25, -0.2) is 19.0 Å². The molecule has 0 spiro atoms. The zero-order valence-corrected chi connectivity index (χ0v) is 14.2. The first-order valence-corrected chi connectivity index (χ1v) is 8.73. The molecule has 2 aromatic carbocycles. The van der Waals surface area contributed by atoms with Crippen LogP contribution in [0.15, 0.2) is 64.6 Å². The van der Waals surface area contributed by atoms with E-state index in [9.17, 15) is 13.2 Å². The smallest absolute Gasteiger partial charge is 0.272 e. The van der Waals surface area contributed by atoms with E-state index in [1.54, 1.807) is 19.3 Å². The van der Waals surface area contributed by atoms with Crippen LogP contribution in [-0.2, 0) is 10.0 Å². The Morgan fingerprint density at radius 2 is 1.84 bits per heavy atom. The van der Waals surface area contributed by atoms with Crippen molar-refractivity contribution in [2.24, 2.45) is 10.2 Å². The molecule has 0 aliphatic carbocycles. The number of ether oxygens (including phenoxy) is 1. The highest BCUT2D eigenvalue weighted by atomic mass is 32.2. The lowest BCUT2D eigenvalue weighted by atomic mass is 10.2. The highest BCUT2D eigenvalue weighted by Gasteiger charge is 2.18. The van der Waals surface area contributed by atoms with E-state index in [-0.39, 0.29) is 10.5 Å². The Kier molecular flexibility index (Phi) is 6.04. The van der Waals surface area contributed by atoms with Crippen LogP contribution >= 0.6 is 0 Å². The minimum Gasteiger partial charge on any atom is -0.496 e. The van der Waals surface area contributed by atoms with Gasteiger partial charge in [-0.15, -0.1) is 0 Å². The third-order valence-electron chi connectivity index (χ3n) is 3.18. The monoisotopic (exact) mass is 359 g/mol. The van der Waals surface area contributed by atoms with E-state index in [0.717, 1.165) is 5.56 Å². The molecule has 2 rings (SSSR count). The Balaban J connectivity index is 2.06. The van der Waals surface area contributed by atoms with Crippen LogP contribution in [0.3, 0.4) is 0 Å². The van der Waals surface area contributed by atoms with Crippen molar-refractivity contribution in [1.29, 1.82) is 0 Å². The van der Waals surface area contributed by atoms with E-state index in [4.69, 9.17) is 9.88 Å². The molecule has 7 nitrogen and oxygen atoms in total. The van der Waals surface area contributed by atoms with Gasteiger partial charge in [0.25, 0.3) is 5.91 Å². The molecule has 0 bridgehead atoms. The number of benzene rings is 2. The van der Waals surface area contributed by atoms with Gasteiger partial charge < -0.3 is 4.74 Å². The average Bonchev–Trinajstić information content (AvgIpc) is 2.61. The second kappa shape index (κ2) is 8.22. The van der Waals surface area contributed by atoms with Gasteiger partial charge in [0.2, 0.25) is 10.0 Å². The van der Waals surface area contributed by atoms with Gasteiger partial charge in [-0.2, -0.15) is 5.10 Å². The standard InChI is InChI=1S/C17H17N3O4S/c1-24-15-10-4-2-7-13(15)8-6-12-19-20-17(21)14-9-3-5-11-16(14)25(18,22)23/h2-12H,1H3,(H,20,21)(H2,18,22,23)/b8-6+,19-12+. The topological polar surface area (TPSA) is 111 Å². The van der Waals surface area contributed by atoms with Crippen LogP contribution < -0.4 is 15.3 Å². The van der Waals surface area contributed by atoms with E-state index >= 15 is 0 Å². The summed E-state index contributed by atoms with van der Waals surface area (Å²) in [4.78, 5) is 11.8. The Labute approximate surface area is 145 Å². The number of nitrogens with zero attached hydrogens (tertiary/aromatic N) is 1. The summed E-state index contributed by atoms with van der Waals surface area (Å²) < 4.78 is 28.2. The molecule has 0 atom stereocenters. The molecule has 0 aliphatic heterocycles. The second-order valence-corrected chi connectivity index (χ2v) is 6.39. The molecular formula is C17H17N3O4S. The van der Waals surface area contributed by atoms with Crippen molar-refractivity contribution >= 4 is 28.2 Å². The summed E-state index contributed by atoms with van der Waals surface area (Å²) in [5.74, 6) is 0.0323. The van der Waals surface area contributed by atoms with E-state index in [1.807, 2.05) is 24.3 Å². The summed E-state index contributed by atoms with van der Waals surface area (Å²) in [5, 5.41) is 8.85. The zero-order chi connectivity index (χ0) is 18.3. The number of nitrogens with two attached hydrogens (primary N) is 1. The van der Waals surface area contributed by atoms with Crippen LogP contribution in [0.25, 0.3) is 6.08 Å². The third-order valence-corrected chi connectivity index (χ3v) is 4.15. The molecular weight excluding hydrogens is 342 g/mol. The van der Waals surface area contributed by atoms with Crippen LogP contribution in [0.4, 0.5) is 0 Å². The summed E-state index contributed by atoms with van der Waals surface area (Å²) in [5.41, 5.74) is 3.03. The van der Waals surface area contributed by atoms with Gasteiger partial charge >= 0.3 is 0 Å². The summed E-state index contributed by atoms with van der Waals surface area (Å²) in [7, 11) is -2.42. The van der Waals surface area contributed by atoms with Gasteiger partial charge in [0.1, 0.15) is 5.75 Å². The van der Waals surface area contributed by atoms with Crippen molar-refractivity contribution in [3.05, 3.63) is 65.7 Å². The Bertz CT molecular complexity index is 921. The van der Waals surface area contributed by atoms with Gasteiger partial charge in [-0.1, -0.05) is 30.3 Å². The molecule has 130 valence electrons. The predicted molar refractivity (Wildman–Crippen MR) is 95.8 cm³/mol. The number of rotatable bonds is 6. The third kappa shape index (κ3) is 5.00. The van der Waals surface area contributed by atoms with Crippen molar-refractivity contribution < 1.29 is 17.9 Å². The van der Waals surface area contributed by atoms with Crippen LogP contribution in [0.5, 0.6) is 5.75 Å². The SMILES string of the molecule is COc1ccccc1/C=C/C=N/NC(=O)c1ccccc1S(N)(=O)=O. The molecule has 0 aromatic heterocycles. The normalized spacial score (nSPS) is 11.8. The molecule has 0 aliphatic rings. The van der Waals surface area contributed by atoms with Gasteiger partial charge in [0, 0.05) is 11.8 Å². The maximum absolute atomic E-state index is 12.1. The lowest BCUT2D eigenvalue weighted by Gasteiger charge is -2.05. The first kappa shape index (κ1) is 18.4. The molecule has 3 N–H and O–H groups in total. The molecule has 0 heterocycles. The molecule has 1 amide bonds. The summed E-state index contributed by atoms with van der Waals surface area (Å²) >= 11 is 0. The molecule has 2 aromatic rings. The highest BCUT2D eigenvalue weighted by molar-refractivity contribution is 7.89. The van der Waals surface area contributed by atoms with Gasteiger partial charge in [0.15, 0.2) is 0 Å². The fraction of sp³-hybridized carbons (Fsp3) is 0.0588.